The van der Waals surface area contributed by atoms with Crippen molar-refractivity contribution in [1.82, 2.24) is 9.97 Å². The van der Waals surface area contributed by atoms with Crippen LogP contribution >= 0.6 is 0 Å². The summed E-state index contributed by atoms with van der Waals surface area (Å²) < 4.78 is 13.7. The molecular weight excluding hydrogens is 367 g/mol. The van der Waals surface area contributed by atoms with Gasteiger partial charge in [0.25, 0.3) is 5.91 Å². The molecule has 2 N–H and O–H groups in total. The van der Waals surface area contributed by atoms with Gasteiger partial charge in [-0.05, 0) is 36.4 Å². The Morgan fingerprint density at radius 2 is 1.48 bits per heavy atom. The molecule has 0 aliphatic heterocycles. The summed E-state index contributed by atoms with van der Waals surface area (Å²) in [4.78, 5) is 20.8. The van der Waals surface area contributed by atoms with Crippen LogP contribution in [0.3, 0.4) is 0 Å². The van der Waals surface area contributed by atoms with Crippen molar-refractivity contribution in [2.24, 2.45) is 0 Å². The molecule has 0 spiro atoms. The van der Waals surface area contributed by atoms with Gasteiger partial charge in [-0.15, -0.1) is 0 Å². The van der Waals surface area contributed by atoms with Crippen LogP contribution in [-0.4, -0.2) is 15.9 Å². The molecule has 0 saturated carbocycles. The zero-order chi connectivity index (χ0) is 20.1. The Morgan fingerprint density at radius 3 is 2.24 bits per heavy atom. The molecule has 4 rings (SSSR count). The minimum atomic E-state index is -0.554. The Morgan fingerprint density at radius 1 is 0.793 bits per heavy atom. The average Bonchev–Trinajstić information content (AvgIpc) is 2.76. The number of benzene rings is 3. The lowest BCUT2D eigenvalue weighted by molar-refractivity contribution is 0.102. The van der Waals surface area contributed by atoms with Gasteiger partial charge in [-0.25, -0.2) is 14.4 Å². The number of aromatic nitrogens is 2. The van der Waals surface area contributed by atoms with E-state index in [-0.39, 0.29) is 5.56 Å². The number of hydrogen-bond donors (Lipinski definition) is 2. The molecule has 1 heterocycles. The predicted octanol–water partition coefficient (Wildman–Crippen LogP) is 5.28. The summed E-state index contributed by atoms with van der Waals surface area (Å²) in [7, 11) is 0. The highest BCUT2D eigenvalue weighted by Gasteiger charge is 2.11. The van der Waals surface area contributed by atoms with Crippen LogP contribution in [0.1, 0.15) is 10.4 Å². The van der Waals surface area contributed by atoms with Crippen LogP contribution in [-0.2, 0) is 0 Å². The summed E-state index contributed by atoms with van der Waals surface area (Å²) in [6.45, 7) is 0. The van der Waals surface area contributed by atoms with Gasteiger partial charge in [0.2, 0.25) is 0 Å². The molecule has 0 saturated heterocycles. The van der Waals surface area contributed by atoms with Crippen molar-refractivity contribution in [2.45, 2.75) is 0 Å². The van der Waals surface area contributed by atoms with Gasteiger partial charge in [0.05, 0.1) is 11.3 Å². The number of carbonyl (C=O) groups is 1. The van der Waals surface area contributed by atoms with E-state index < -0.39 is 11.7 Å². The normalized spacial score (nSPS) is 10.4. The Hall–Kier alpha value is -4.06. The van der Waals surface area contributed by atoms with Crippen molar-refractivity contribution >= 4 is 23.1 Å². The molecule has 6 heteroatoms. The van der Waals surface area contributed by atoms with Crippen molar-refractivity contribution in [2.75, 3.05) is 10.6 Å². The average molecular weight is 384 g/mol. The number of amides is 1. The Kier molecular flexibility index (Phi) is 5.25. The molecular formula is C23H17FN4O. The number of nitrogens with one attached hydrogen (secondary N) is 2. The lowest BCUT2D eigenvalue weighted by atomic mass is 10.1. The van der Waals surface area contributed by atoms with E-state index in [1.165, 1.54) is 18.5 Å². The third-order valence-electron chi connectivity index (χ3n) is 4.27. The van der Waals surface area contributed by atoms with Crippen LogP contribution in [0.5, 0.6) is 0 Å². The van der Waals surface area contributed by atoms with Crippen LogP contribution in [0.2, 0.25) is 0 Å². The van der Waals surface area contributed by atoms with Gasteiger partial charge in [0.15, 0.2) is 0 Å². The Labute approximate surface area is 167 Å². The van der Waals surface area contributed by atoms with Crippen LogP contribution in [0.25, 0.3) is 11.3 Å². The summed E-state index contributed by atoms with van der Waals surface area (Å²) in [5.41, 5.74) is 3.19. The second-order valence-corrected chi connectivity index (χ2v) is 6.29. The quantitative estimate of drug-likeness (QED) is 0.491. The molecule has 4 aromatic rings. The van der Waals surface area contributed by atoms with E-state index in [1.54, 1.807) is 36.4 Å². The van der Waals surface area contributed by atoms with Crippen LogP contribution in [0.4, 0.5) is 21.6 Å². The van der Waals surface area contributed by atoms with E-state index in [4.69, 9.17) is 0 Å². The molecule has 1 aromatic heterocycles. The zero-order valence-corrected chi connectivity index (χ0v) is 15.3. The first-order chi connectivity index (χ1) is 14.2. The fourth-order valence-electron chi connectivity index (χ4n) is 2.82. The van der Waals surface area contributed by atoms with Crippen LogP contribution in [0.15, 0.2) is 91.3 Å². The molecule has 5 nitrogen and oxygen atoms in total. The molecule has 0 aliphatic rings. The van der Waals surface area contributed by atoms with Crippen molar-refractivity contribution in [3.63, 3.8) is 0 Å². The number of anilines is 3. The maximum absolute atomic E-state index is 13.7. The van der Waals surface area contributed by atoms with Crippen molar-refractivity contribution < 1.29 is 9.18 Å². The van der Waals surface area contributed by atoms with Gasteiger partial charge in [-0.2, -0.15) is 0 Å². The highest BCUT2D eigenvalue weighted by Crippen LogP contribution is 2.22. The number of rotatable bonds is 5. The summed E-state index contributed by atoms with van der Waals surface area (Å²) in [6.07, 6.45) is 1.51. The lowest BCUT2D eigenvalue weighted by Crippen LogP contribution is -2.13. The fourth-order valence-corrected chi connectivity index (χ4v) is 2.82. The molecule has 0 bridgehead atoms. The maximum Gasteiger partial charge on any atom is 0.258 e. The van der Waals surface area contributed by atoms with E-state index in [1.807, 2.05) is 36.4 Å². The molecule has 0 radical (unpaired) electrons. The lowest BCUT2D eigenvalue weighted by Gasteiger charge is -2.09. The molecule has 29 heavy (non-hydrogen) atoms. The largest absolute Gasteiger partial charge is 0.340 e. The summed E-state index contributed by atoms with van der Waals surface area (Å²) in [6, 6.07) is 24.7. The molecule has 0 fully saturated rings. The summed E-state index contributed by atoms with van der Waals surface area (Å²) in [5, 5.41) is 5.90. The van der Waals surface area contributed by atoms with Gasteiger partial charge in [-0.1, -0.05) is 42.5 Å². The highest BCUT2D eigenvalue weighted by atomic mass is 19.1. The number of halogens is 1. The first-order valence-electron chi connectivity index (χ1n) is 8.99. The first-order valence-corrected chi connectivity index (χ1v) is 8.99. The van der Waals surface area contributed by atoms with Gasteiger partial charge in [0.1, 0.15) is 18.0 Å². The Balaban J connectivity index is 1.45. The van der Waals surface area contributed by atoms with E-state index in [2.05, 4.69) is 20.6 Å². The third-order valence-corrected chi connectivity index (χ3v) is 4.27. The van der Waals surface area contributed by atoms with Crippen molar-refractivity contribution in [1.29, 1.82) is 0 Å². The summed E-state index contributed by atoms with van der Waals surface area (Å²) >= 11 is 0. The minimum Gasteiger partial charge on any atom is -0.340 e. The van der Waals surface area contributed by atoms with Crippen LogP contribution < -0.4 is 10.6 Å². The van der Waals surface area contributed by atoms with Crippen molar-refractivity contribution in [3.8, 4) is 11.3 Å². The smallest absolute Gasteiger partial charge is 0.258 e. The standard InChI is InChI=1S/C23H17FN4O/c24-20-9-5-4-8-19(20)23(29)28-18-12-10-17(11-13-18)27-22-14-21(25-15-26-22)16-6-2-1-3-7-16/h1-15H,(H,28,29)(H,25,26,27). The molecule has 0 unspecified atom stereocenters. The van der Waals surface area contributed by atoms with Gasteiger partial charge >= 0.3 is 0 Å². The second-order valence-electron chi connectivity index (χ2n) is 6.29. The monoisotopic (exact) mass is 384 g/mol. The van der Waals surface area contributed by atoms with Crippen LogP contribution in [0, 0.1) is 5.82 Å². The van der Waals surface area contributed by atoms with E-state index in [9.17, 15) is 9.18 Å². The molecule has 1 amide bonds. The summed E-state index contributed by atoms with van der Waals surface area (Å²) in [5.74, 6) is -0.393. The molecule has 0 aliphatic carbocycles. The molecule has 142 valence electrons. The molecule has 3 aromatic carbocycles. The van der Waals surface area contributed by atoms with Gasteiger partial charge in [-0.3, -0.25) is 4.79 Å². The number of nitrogens with zero attached hydrogens (tertiary/aromatic N) is 2. The fraction of sp³-hybridized carbons (Fsp3) is 0. The van der Waals surface area contributed by atoms with Gasteiger partial charge in [0, 0.05) is 23.0 Å². The minimum absolute atomic E-state index is 0.00382. The van der Waals surface area contributed by atoms with E-state index in [0.29, 0.717) is 11.5 Å². The Bertz CT molecular complexity index is 1130. The predicted molar refractivity (Wildman–Crippen MR) is 112 cm³/mol. The highest BCUT2D eigenvalue weighted by molar-refractivity contribution is 6.04. The van der Waals surface area contributed by atoms with Crippen molar-refractivity contribution in [3.05, 3.63) is 103 Å². The second kappa shape index (κ2) is 8.31. The first kappa shape index (κ1) is 18.3. The maximum atomic E-state index is 13.7. The van der Waals surface area contributed by atoms with Gasteiger partial charge < -0.3 is 10.6 Å². The number of hydrogen-bond acceptors (Lipinski definition) is 4. The zero-order valence-electron chi connectivity index (χ0n) is 15.3. The topological polar surface area (TPSA) is 66.9 Å². The SMILES string of the molecule is O=C(Nc1ccc(Nc2cc(-c3ccccc3)ncn2)cc1)c1ccccc1F. The number of carbonyl (C=O) groups excluding carboxylic acids is 1. The molecule has 0 atom stereocenters. The third kappa shape index (κ3) is 4.44. The van der Waals surface area contributed by atoms with E-state index >= 15 is 0 Å². The van der Waals surface area contributed by atoms with E-state index in [0.717, 1.165) is 16.9 Å².